The van der Waals surface area contributed by atoms with E-state index >= 15 is 0 Å². The lowest BCUT2D eigenvalue weighted by Crippen LogP contribution is -2.32. The molecule has 106 valence electrons. The van der Waals surface area contributed by atoms with E-state index in [1.165, 1.54) is 35.3 Å². The lowest BCUT2D eigenvalue weighted by molar-refractivity contribution is 0.571. The summed E-state index contributed by atoms with van der Waals surface area (Å²) in [5, 5.41) is 12.9. The highest BCUT2D eigenvalue weighted by atomic mass is 32.1. The zero-order valence-corrected chi connectivity index (χ0v) is 11.8. The zero-order valence-electron chi connectivity index (χ0n) is 11.0. The third-order valence-electron chi connectivity index (χ3n) is 3.34. The van der Waals surface area contributed by atoms with Crippen molar-refractivity contribution in [2.75, 3.05) is 23.7 Å². The van der Waals surface area contributed by atoms with Crippen LogP contribution in [0.2, 0.25) is 0 Å². The van der Waals surface area contributed by atoms with Gasteiger partial charge in [0.25, 0.3) is 5.56 Å². The molecule has 0 radical (unpaired) electrons. The molecule has 0 aliphatic carbocycles. The Morgan fingerprint density at radius 2 is 2.05 bits per heavy atom. The Bertz CT molecular complexity index is 645. The molecule has 1 aliphatic heterocycles. The van der Waals surface area contributed by atoms with Crippen LogP contribution in [-0.2, 0) is 6.54 Å². The highest BCUT2D eigenvalue weighted by molar-refractivity contribution is 7.15. The summed E-state index contributed by atoms with van der Waals surface area (Å²) >= 11 is 1.27. The van der Waals surface area contributed by atoms with Gasteiger partial charge in [-0.1, -0.05) is 11.3 Å². The first-order chi connectivity index (χ1) is 9.72. The van der Waals surface area contributed by atoms with Crippen molar-refractivity contribution in [2.24, 2.45) is 0 Å². The number of nitrogen functional groups attached to an aromatic ring is 1. The second kappa shape index (κ2) is 5.58. The first kappa shape index (κ1) is 13.0. The summed E-state index contributed by atoms with van der Waals surface area (Å²) in [7, 11) is 0. The molecule has 0 unspecified atom stereocenters. The topological polar surface area (TPSA) is 89.9 Å². The average Bonchev–Trinajstić information content (AvgIpc) is 2.87. The van der Waals surface area contributed by atoms with Crippen LogP contribution in [0.5, 0.6) is 0 Å². The molecule has 0 aromatic carbocycles. The Morgan fingerprint density at radius 3 is 2.70 bits per heavy atom. The van der Waals surface area contributed by atoms with Crippen LogP contribution in [0.4, 0.5) is 10.8 Å². The van der Waals surface area contributed by atoms with Gasteiger partial charge >= 0.3 is 0 Å². The molecule has 1 saturated heterocycles. The minimum atomic E-state index is -0.123. The van der Waals surface area contributed by atoms with E-state index in [0.717, 1.165) is 18.8 Å². The second-order valence-corrected chi connectivity index (χ2v) is 5.89. The molecule has 0 spiro atoms. The molecule has 0 amide bonds. The van der Waals surface area contributed by atoms with Crippen molar-refractivity contribution in [3.05, 3.63) is 27.6 Å². The maximum atomic E-state index is 12.1. The van der Waals surface area contributed by atoms with Gasteiger partial charge in [0, 0.05) is 19.2 Å². The average molecular weight is 292 g/mol. The Kier molecular flexibility index (Phi) is 3.64. The van der Waals surface area contributed by atoms with Crippen molar-refractivity contribution in [1.82, 2.24) is 20.0 Å². The van der Waals surface area contributed by atoms with E-state index in [-0.39, 0.29) is 5.56 Å². The quantitative estimate of drug-likeness (QED) is 0.896. The second-order valence-electron chi connectivity index (χ2n) is 4.79. The van der Waals surface area contributed by atoms with Crippen LogP contribution < -0.4 is 16.2 Å². The Hall–Kier alpha value is -1.96. The first-order valence-electron chi connectivity index (χ1n) is 6.62. The van der Waals surface area contributed by atoms with E-state index in [0.29, 0.717) is 16.7 Å². The molecular weight excluding hydrogens is 276 g/mol. The standard InChI is InChI=1S/C12H16N6OS/c13-12-16-15-10(20-12)8-18-11(19)6-9(7-14-18)17-4-2-1-3-5-17/h6-7H,1-5,8H2,(H2,13,16). The molecule has 0 bridgehead atoms. The van der Waals surface area contributed by atoms with E-state index in [4.69, 9.17) is 5.73 Å². The van der Waals surface area contributed by atoms with Gasteiger partial charge in [0.15, 0.2) is 0 Å². The Morgan fingerprint density at radius 1 is 1.25 bits per heavy atom. The molecule has 2 aromatic heterocycles. The summed E-state index contributed by atoms with van der Waals surface area (Å²) in [5.41, 5.74) is 6.30. The summed E-state index contributed by atoms with van der Waals surface area (Å²) in [6, 6.07) is 1.64. The van der Waals surface area contributed by atoms with Crippen molar-refractivity contribution in [1.29, 1.82) is 0 Å². The lowest BCUT2D eigenvalue weighted by Gasteiger charge is -2.28. The maximum absolute atomic E-state index is 12.1. The van der Waals surface area contributed by atoms with Crippen molar-refractivity contribution in [2.45, 2.75) is 25.8 Å². The van der Waals surface area contributed by atoms with Crippen molar-refractivity contribution < 1.29 is 0 Å². The molecule has 7 nitrogen and oxygen atoms in total. The fourth-order valence-corrected chi connectivity index (χ4v) is 2.92. The fraction of sp³-hybridized carbons (Fsp3) is 0.500. The molecule has 2 N–H and O–H groups in total. The minimum Gasteiger partial charge on any atom is -0.374 e. The van der Waals surface area contributed by atoms with E-state index in [2.05, 4.69) is 20.2 Å². The number of rotatable bonds is 3. The van der Waals surface area contributed by atoms with E-state index < -0.39 is 0 Å². The Labute approximate surface area is 120 Å². The van der Waals surface area contributed by atoms with Gasteiger partial charge in [-0.3, -0.25) is 4.79 Å². The Balaban J connectivity index is 1.78. The molecule has 1 aliphatic rings. The van der Waals surface area contributed by atoms with Crippen LogP contribution in [-0.4, -0.2) is 33.1 Å². The van der Waals surface area contributed by atoms with Crippen LogP contribution in [0.15, 0.2) is 17.1 Å². The van der Waals surface area contributed by atoms with Crippen LogP contribution >= 0.6 is 11.3 Å². The third kappa shape index (κ3) is 2.79. The molecule has 2 aromatic rings. The smallest absolute Gasteiger partial charge is 0.269 e. The number of nitrogens with two attached hydrogens (primary N) is 1. The zero-order chi connectivity index (χ0) is 13.9. The molecule has 3 rings (SSSR count). The van der Waals surface area contributed by atoms with E-state index in [9.17, 15) is 4.79 Å². The fourth-order valence-electron chi connectivity index (χ4n) is 2.33. The van der Waals surface area contributed by atoms with Crippen LogP contribution in [0, 0.1) is 0 Å². The van der Waals surface area contributed by atoms with Crippen LogP contribution in [0.25, 0.3) is 0 Å². The summed E-state index contributed by atoms with van der Waals surface area (Å²) in [6.07, 6.45) is 5.36. The largest absolute Gasteiger partial charge is 0.374 e. The molecule has 20 heavy (non-hydrogen) atoms. The monoisotopic (exact) mass is 292 g/mol. The van der Waals surface area contributed by atoms with Gasteiger partial charge in [-0.2, -0.15) is 5.10 Å². The predicted molar refractivity (Wildman–Crippen MR) is 78.0 cm³/mol. The van der Waals surface area contributed by atoms with Gasteiger partial charge < -0.3 is 10.6 Å². The summed E-state index contributed by atoms with van der Waals surface area (Å²) in [6.45, 7) is 2.31. The van der Waals surface area contributed by atoms with Gasteiger partial charge in [0.05, 0.1) is 18.4 Å². The van der Waals surface area contributed by atoms with Crippen molar-refractivity contribution in [3.8, 4) is 0 Å². The van der Waals surface area contributed by atoms with Gasteiger partial charge in [0.1, 0.15) is 5.01 Å². The molecular formula is C12H16N6OS. The number of hydrogen-bond donors (Lipinski definition) is 1. The van der Waals surface area contributed by atoms with Crippen molar-refractivity contribution >= 4 is 22.2 Å². The highest BCUT2D eigenvalue weighted by Gasteiger charge is 2.13. The summed E-state index contributed by atoms with van der Waals surface area (Å²) < 4.78 is 1.38. The van der Waals surface area contributed by atoms with Gasteiger partial charge in [0.2, 0.25) is 5.13 Å². The third-order valence-corrected chi connectivity index (χ3v) is 4.08. The first-order valence-corrected chi connectivity index (χ1v) is 7.44. The molecule has 1 fully saturated rings. The normalized spacial score (nSPS) is 15.5. The van der Waals surface area contributed by atoms with Crippen LogP contribution in [0.1, 0.15) is 24.3 Å². The number of anilines is 2. The highest BCUT2D eigenvalue weighted by Crippen LogP contribution is 2.17. The summed E-state index contributed by atoms with van der Waals surface area (Å²) in [5.74, 6) is 0. The molecule has 0 atom stereocenters. The number of hydrogen-bond acceptors (Lipinski definition) is 7. The predicted octanol–water partition coefficient (Wildman–Crippen LogP) is 0.716. The van der Waals surface area contributed by atoms with Gasteiger partial charge in [-0.25, -0.2) is 4.68 Å². The minimum absolute atomic E-state index is 0.123. The van der Waals surface area contributed by atoms with Crippen molar-refractivity contribution in [3.63, 3.8) is 0 Å². The maximum Gasteiger partial charge on any atom is 0.269 e. The number of piperidine rings is 1. The lowest BCUT2D eigenvalue weighted by atomic mass is 10.1. The van der Waals surface area contributed by atoms with Crippen LogP contribution in [0.3, 0.4) is 0 Å². The van der Waals surface area contributed by atoms with Gasteiger partial charge in [-0.15, -0.1) is 10.2 Å². The molecule has 8 heteroatoms. The molecule has 3 heterocycles. The number of nitrogens with zero attached hydrogens (tertiary/aromatic N) is 5. The SMILES string of the molecule is Nc1nnc(Cn2ncc(N3CCCCC3)cc2=O)s1. The van der Waals surface area contributed by atoms with E-state index in [1.807, 2.05) is 0 Å². The number of aromatic nitrogens is 4. The van der Waals surface area contributed by atoms with E-state index in [1.54, 1.807) is 12.3 Å². The summed E-state index contributed by atoms with van der Waals surface area (Å²) in [4.78, 5) is 14.3. The van der Waals surface area contributed by atoms with Gasteiger partial charge in [-0.05, 0) is 19.3 Å². The molecule has 0 saturated carbocycles.